The Balaban J connectivity index is 2.37. The van der Waals surface area contributed by atoms with E-state index in [0.717, 1.165) is 10.4 Å². The van der Waals surface area contributed by atoms with E-state index in [9.17, 15) is 31.5 Å². The molecule has 1 atom stereocenters. The molecular formula is C18H19F3N2O4S. The molecule has 0 bridgehead atoms. The molecule has 0 saturated carbocycles. The molecule has 0 radical (unpaired) electrons. The summed E-state index contributed by atoms with van der Waals surface area (Å²) in [5, 5.41) is 11.4. The summed E-state index contributed by atoms with van der Waals surface area (Å²) in [6.45, 7) is -0.343. The van der Waals surface area contributed by atoms with Crippen LogP contribution in [0.3, 0.4) is 0 Å². The number of halogens is 3. The summed E-state index contributed by atoms with van der Waals surface area (Å²) >= 11 is 0. The Labute approximate surface area is 160 Å². The van der Waals surface area contributed by atoms with Crippen LogP contribution in [0.2, 0.25) is 0 Å². The molecule has 2 aromatic rings. The van der Waals surface area contributed by atoms with Crippen LogP contribution in [0.1, 0.15) is 17.3 Å². The number of anilines is 1. The number of rotatable bonds is 7. The van der Waals surface area contributed by atoms with Crippen molar-refractivity contribution in [3.8, 4) is 0 Å². The van der Waals surface area contributed by atoms with Gasteiger partial charge in [-0.3, -0.25) is 9.10 Å². The van der Waals surface area contributed by atoms with Gasteiger partial charge in [0.05, 0.1) is 23.2 Å². The molecule has 0 aliphatic heterocycles. The zero-order chi connectivity index (χ0) is 20.9. The molecule has 10 heteroatoms. The number of amides is 1. The second-order valence-corrected chi connectivity index (χ2v) is 7.91. The molecule has 28 heavy (non-hydrogen) atoms. The van der Waals surface area contributed by atoms with Gasteiger partial charge in [-0.05, 0) is 37.3 Å². The number of aliphatic hydroxyl groups is 1. The maximum Gasteiger partial charge on any atom is 0.405 e. The molecule has 0 aliphatic carbocycles. The van der Waals surface area contributed by atoms with Crippen LogP contribution in [0.25, 0.3) is 0 Å². The van der Waals surface area contributed by atoms with Gasteiger partial charge in [-0.15, -0.1) is 0 Å². The van der Waals surface area contributed by atoms with E-state index in [1.807, 2.05) is 0 Å². The van der Waals surface area contributed by atoms with Crippen molar-refractivity contribution < 1.29 is 31.5 Å². The number of alkyl halides is 3. The van der Waals surface area contributed by atoms with Gasteiger partial charge in [0, 0.05) is 5.56 Å². The highest BCUT2D eigenvalue weighted by Gasteiger charge is 2.29. The molecule has 0 spiro atoms. The fourth-order valence-electron chi connectivity index (χ4n) is 2.38. The van der Waals surface area contributed by atoms with E-state index < -0.39 is 34.8 Å². The molecule has 0 aliphatic rings. The summed E-state index contributed by atoms with van der Waals surface area (Å²) in [5.41, 5.74) is 0.0747. The maximum atomic E-state index is 13.1. The fourth-order valence-corrected chi connectivity index (χ4v) is 3.98. The number of nitrogens with one attached hydrogen (secondary N) is 1. The summed E-state index contributed by atoms with van der Waals surface area (Å²) in [6.07, 6.45) is -5.56. The molecule has 1 amide bonds. The van der Waals surface area contributed by atoms with Crippen LogP contribution in [0, 0.1) is 0 Å². The van der Waals surface area contributed by atoms with Crippen LogP contribution in [0.4, 0.5) is 18.9 Å². The van der Waals surface area contributed by atoms with Gasteiger partial charge in [-0.1, -0.05) is 24.3 Å². The lowest BCUT2D eigenvalue weighted by molar-refractivity contribution is -0.123. The number of benzene rings is 2. The van der Waals surface area contributed by atoms with E-state index in [0.29, 0.717) is 5.69 Å². The van der Waals surface area contributed by atoms with Crippen molar-refractivity contribution in [3.63, 3.8) is 0 Å². The third kappa shape index (κ3) is 5.70. The van der Waals surface area contributed by atoms with E-state index >= 15 is 0 Å². The molecule has 0 heterocycles. The number of carbonyl (C=O) groups excluding carboxylic acids is 1. The third-order valence-electron chi connectivity index (χ3n) is 3.61. The van der Waals surface area contributed by atoms with Crippen molar-refractivity contribution in [3.05, 3.63) is 60.2 Å². The summed E-state index contributed by atoms with van der Waals surface area (Å²) in [5.74, 6) is -1.05. The van der Waals surface area contributed by atoms with Crippen molar-refractivity contribution >= 4 is 21.6 Å². The number of carbonyl (C=O) groups is 1. The van der Waals surface area contributed by atoms with Crippen LogP contribution in [-0.4, -0.2) is 44.8 Å². The van der Waals surface area contributed by atoms with E-state index in [2.05, 4.69) is 0 Å². The Morgan fingerprint density at radius 3 is 2.36 bits per heavy atom. The minimum Gasteiger partial charge on any atom is -0.392 e. The SMILES string of the molecule is CC(O)CN(c1ccccc1)S(=O)(=O)c1cccc(C(=O)NCC(F)(F)F)c1. The van der Waals surface area contributed by atoms with Crippen LogP contribution < -0.4 is 9.62 Å². The molecule has 6 nitrogen and oxygen atoms in total. The van der Waals surface area contributed by atoms with Gasteiger partial charge < -0.3 is 10.4 Å². The Hall–Kier alpha value is -2.59. The third-order valence-corrected chi connectivity index (χ3v) is 5.40. The monoisotopic (exact) mass is 416 g/mol. The summed E-state index contributed by atoms with van der Waals surface area (Å²) in [7, 11) is -4.18. The molecule has 2 rings (SSSR count). The van der Waals surface area contributed by atoms with E-state index in [1.54, 1.807) is 35.6 Å². The van der Waals surface area contributed by atoms with Crippen LogP contribution in [-0.2, 0) is 10.0 Å². The molecule has 1 unspecified atom stereocenters. The van der Waals surface area contributed by atoms with Gasteiger partial charge >= 0.3 is 6.18 Å². The summed E-state index contributed by atoms with van der Waals surface area (Å²) in [6, 6.07) is 12.7. The first kappa shape index (κ1) is 21.7. The highest BCUT2D eigenvalue weighted by molar-refractivity contribution is 7.92. The number of nitrogens with zero attached hydrogens (tertiary/aromatic N) is 1. The number of sulfonamides is 1. The second-order valence-electron chi connectivity index (χ2n) is 6.05. The number of aliphatic hydroxyl groups excluding tert-OH is 1. The lowest BCUT2D eigenvalue weighted by Gasteiger charge is -2.26. The predicted molar refractivity (Wildman–Crippen MR) is 97.5 cm³/mol. The zero-order valence-corrected chi connectivity index (χ0v) is 15.7. The van der Waals surface area contributed by atoms with E-state index in [-0.39, 0.29) is 17.0 Å². The molecule has 0 fully saturated rings. The summed E-state index contributed by atoms with van der Waals surface area (Å²) < 4.78 is 63.9. The molecular weight excluding hydrogens is 397 g/mol. The highest BCUT2D eigenvalue weighted by atomic mass is 32.2. The minimum atomic E-state index is -4.58. The first-order valence-corrected chi connectivity index (χ1v) is 9.65. The van der Waals surface area contributed by atoms with Gasteiger partial charge in [-0.25, -0.2) is 8.42 Å². The largest absolute Gasteiger partial charge is 0.405 e. The Kier molecular flexibility index (Phi) is 6.68. The standard InChI is InChI=1S/C18H19F3N2O4S/c1-13(24)11-23(15-7-3-2-4-8-15)28(26,27)16-9-5-6-14(10-16)17(25)22-12-18(19,20)21/h2-10,13,24H,11-12H2,1H3,(H,22,25). The fraction of sp³-hybridized carbons (Fsp3) is 0.278. The zero-order valence-electron chi connectivity index (χ0n) is 14.8. The Morgan fingerprint density at radius 2 is 1.79 bits per heavy atom. The lowest BCUT2D eigenvalue weighted by atomic mass is 10.2. The molecule has 152 valence electrons. The van der Waals surface area contributed by atoms with Gasteiger partial charge in [0.25, 0.3) is 15.9 Å². The smallest absolute Gasteiger partial charge is 0.392 e. The molecule has 0 aromatic heterocycles. The normalized spacial score (nSPS) is 13.0. The number of hydrogen-bond donors (Lipinski definition) is 2. The molecule has 2 N–H and O–H groups in total. The maximum absolute atomic E-state index is 13.1. The van der Waals surface area contributed by atoms with Gasteiger partial charge in [0.2, 0.25) is 0 Å². The second kappa shape index (κ2) is 8.61. The van der Waals surface area contributed by atoms with Crippen molar-refractivity contribution in [1.82, 2.24) is 5.32 Å². The van der Waals surface area contributed by atoms with Crippen molar-refractivity contribution in [1.29, 1.82) is 0 Å². The number of hydrogen-bond acceptors (Lipinski definition) is 4. The molecule has 0 saturated heterocycles. The van der Waals surface area contributed by atoms with Gasteiger partial charge in [0.1, 0.15) is 6.54 Å². The lowest BCUT2D eigenvalue weighted by Crippen LogP contribution is -2.37. The topological polar surface area (TPSA) is 86.7 Å². The summed E-state index contributed by atoms with van der Waals surface area (Å²) in [4.78, 5) is 11.6. The van der Waals surface area contributed by atoms with Crippen molar-refractivity contribution in [2.75, 3.05) is 17.4 Å². The van der Waals surface area contributed by atoms with Crippen LogP contribution in [0.15, 0.2) is 59.5 Å². The average molecular weight is 416 g/mol. The van der Waals surface area contributed by atoms with E-state index in [4.69, 9.17) is 0 Å². The first-order valence-electron chi connectivity index (χ1n) is 8.21. The quantitative estimate of drug-likeness (QED) is 0.726. The first-order chi connectivity index (χ1) is 13.0. The average Bonchev–Trinajstić information content (AvgIpc) is 2.64. The van der Waals surface area contributed by atoms with Crippen molar-refractivity contribution in [2.24, 2.45) is 0 Å². The number of para-hydroxylation sites is 1. The predicted octanol–water partition coefficient (Wildman–Crippen LogP) is 2.55. The van der Waals surface area contributed by atoms with Gasteiger partial charge in [-0.2, -0.15) is 13.2 Å². The highest BCUT2D eigenvalue weighted by Crippen LogP contribution is 2.24. The van der Waals surface area contributed by atoms with Crippen LogP contribution >= 0.6 is 0 Å². The molecule has 2 aromatic carbocycles. The minimum absolute atomic E-state index is 0.226. The van der Waals surface area contributed by atoms with Crippen LogP contribution in [0.5, 0.6) is 0 Å². The Bertz CT molecular complexity index is 916. The Morgan fingerprint density at radius 1 is 1.14 bits per heavy atom. The van der Waals surface area contributed by atoms with Crippen molar-refractivity contribution in [2.45, 2.75) is 24.1 Å². The van der Waals surface area contributed by atoms with E-state index in [1.165, 1.54) is 25.1 Å². The van der Waals surface area contributed by atoms with Gasteiger partial charge in [0.15, 0.2) is 0 Å².